The molecule has 1 aromatic rings. The Hall–Kier alpha value is -2.05. The van der Waals surface area contributed by atoms with Gasteiger partial charge >= 0.3 is 5.97 Å². The molecule has 0 aromatic heterocycles. The molecule has 4 nitrogen and oxygen atoms in total. The SMILES string of the molecule is CC(CC(=O)O)NC(=O)c1ccc(F)c(F)c1F. The third-order valence-corrected chi connectivity index (χ3v) is 2.14. The Morgan fingerprint density at radius 2 is 1.89 bits per heavy atom. The van der Waals surface area contributed by atoms with E-state index in [9.17, 15) is 22.8 Å². The first-order valence-corrected chi connectivity index (χ1v) is 4.99. The van der Waals surface area contributed by atoms with Gasteiger partial charge in [0.2, 0.25) is 0 Å². The van der Waals surface area contributed by atoms with Crippen LogP contribution in [0.3, 0.4) is 0 Å². The van der Waals surface area contributed by atoms with Gasteiger partial charge in [0.1, 0.15) is 0 Å². The van der Waals surface area contributed by atoms with Gasteiger partial charge in [0.05, 0.1) is 12.0 Å². The summed E-state index contributed by atoms with van der Waals surface area (Å²) in [4.78, 5) is 21.8. The fourth-order valence-electron chi connectivity index (χ4n) is 1.32. The van der Waals surface area contributed by atoms with Crippen LogP contribution in [0.5, 0.6) is 0 Å². The Labute approximate surface area is 100 Å². The van der Waals surface area contributed by atoms with E-state index < -0.39 is 40.9 Å². The molecule has 0 spiro atoms. The molecule has 1 unspecified atom stereocenters. The Morgan fingerprint density at radius 1 is 1.28 bits per heavy atom. The first-order valence-electron chi connectivity index (χ1n) is 4.99. The topological polar surface area (TPSA) is 66.4 Å². The second-order valence-electron chi connectivity index (χ2n) is 3.70. The van der Waals surface area contributed by atoms with E-state index in [2.05, 4.69) is 5.32 Å². The van der Waals surface area contributed by atoms with Crippen LogP contribution >= 0.6 is 0 Å². The predicted octanol–water partition coefficient (Wildman–Crippen LogP) is 1.70. The van der Waals surface area contributed by atoms with Gasteiger partial charge in [-0.3, -0.25) is 9.59 Å². The molecular weight excluding hydrogens is 251 g/mol. The number of aliphatic carboxylic acids is 1. The van der Waals surface area contributed by atoms with Gasteiger partial charge in [-0.25, -0.2) is 13.2 Å². The summed E-state index contributed by atoms with van der Waals surface area (Å²) in [5.41, 5.74) is -0.675. The minimum Gasteiger partial charge on any atom is -0.481 e. The Morgan fingerprint density at radius 3 is 2.44 bits per heavy atom. The molecule has 1 aromatic carbocycles. The second kappa shape index (κ2) is 5.52. The lowest BCUT2D eigenvalue weighted by atomic mass is 10.1. The van der Waals surface area contributed by atoms with Crippen LogP contribution in [0.1, 0.15) is 23.7 Å². The lowest BCUT2D eigenvalue weighted by Crippen LogP contribution is -2.34. The molecule has 98 valence electrons. The third kappa shape index (κ3) is 3.22. The first-order chi connectivity index (χ1) is 8.32. The van der Waals surface area contributed by atoms with Crippen LogP contribution in [-0.2, 0) is 4.79 Å². The third-order valence-electron chi connectivity index (χ3n) is 2.14. The summed E-state index contributed by atoms with van der Waals surface area (Å²) in [7, 11) is 0. The van der Waals surface area contributed by atoms with E-state index in [1.54, 1.807) is 0 Å². The zero-order chi connectivity index (χ0) is 13.9. The van der Waals surface area contributed by atoms with E-state index in [1.807, 2.05) is 0 Å². The van der Waals surface area contributed by atoms with Crippen molar-refractivity contribution in [3.8, 4) is 0 Å². The van der Waals surface area contributed by atoms with Gasteiger partial charge < -0.3 is 10.4 Å². The average Bonchev–Trinajstić information content (AvgIpc) is 2.24. The van der Waals surface area contributed by atoms with E-state index in [4.69, 9.17) is 5.11 Å². The summed E-state index contributed by atoms with van der Waals surface area (Å²) in [6, 6.07) is 0.647. The maximum absolute atomic E-state index is 13.2. The molecule has 0 bridgehead atoms. The van der Waals surface area contributed by atoms with Crippen LogP contribution in [0.15, 0.2) is 12.1 Å². The van der Waals surface area contributed by atoms with Crippen LogP contribution in [0, 0.1) is 17.5 Å². The molecule has 2 N–H and O–H groups in total. The van der Waals surface area contributed by atoms with E-state index in [0.717, 1.165) is 6.07 Å². The zero-order valence-corrected chi connectivity index (χ0v) is 9.34. The number of carbonyl (C=O) groups is 2. The number of benzene rings is 1. The highest BCUT2D eigenvalue weighted by atomic mass is 19.2. The molecular formula is C11H10F3NO3. The largest absolute Gasteiger partial charge is 0.481 e. The minimum atomic E-state index is -1.74. The van der Waals surface area contributed by atoms with Crippen molar-refractivity contribution in [2.75, 3.05) is 0 Å². The van der Waals surface area contributed by atoms with Gasteiger partial charge in [-0.2, -0.15) is 0 Å². The van der Waals surface area contributed by atoms with Crippen molar-refractivity contribution in [1.82, 2.24) is 5.32 Å². The highest BCUT2D eigenvalue weighted by Crippen LogP contribution is 2.15. The highest BCUT2D eigenvalue weighted by molar-refractivity contribution is 5.94. The van der Waals surface area contributed by atoms with E-state index in [-0.39, 0.29) is 6.42 Å². The number of nitrogens with one attached hydrogen (secondary N) is 1. The average molecular weight is 261 g/mol. The van der Waals surface area contributed by atoms with Gasteiger partial charge in [-0.05, 0) is 19.1 Å². The van der Waals surface area contributed by atoms with Crippen molar-refractivity contribution in [2.24, 2.45) is 0 Å². The van der Waals surface area contributed by atoms with Crippen LogP contribution in [-0.4, -0.2) is 23.0 Å². The Balaban J connectivity index is 2.85. The number of halogens is 3. The normalized spacial score (nSPS) is 12.0. The van der Waals surface area contributed by atoms with Crippen LogP contribution < -0.4 is 5.32 Å². The van der Waals surface area contributed by atoms with Gasteiger partial charge in [0.25, 0.3) is 5.91 Å². The molecule has 0 radical (unpaired) electrons. The quantitative estimate of drug-likeness (QED) is 0.810. The highest BCUT2D eigenvalue weighted by Gasteiger charge is 2.20. The lowest BCUT2D eigenvalue weighted by Gasteiger charge is -2.12. The monoisotopic (exact) mass is 261 g/mol. The molecule has 0 saturated heterocycles. The van der Waals surface area contributed by atoms with Crippen molar-refractivity contribution in [3.63, 3.8) is 0 Å². The predicted molar refractivity (Wildman–Crippen MR) is 55.5 cm³/mol. The van der Waals surface area contributed by atoms with Crippen LogP contribution in [0.25, 0.3) is 0 Å². The summed E-state index contributed by atoms with van der Waals surface area (Å²) in [6.45, 7) is 1.39. The summed E-state index contributed by atoms with van der Waals surface area (Å²) < 4.78 is 38.7. The van der Waals surface area contributed by atoms with Gasteiger partial charge in [0, 0.05) is 6.04 Å². The number of hydrogen-bond acceptors (Lipinski definition) is 2. The molecule has 0 saturated carbocycles. The fraction of sp³-hybridized carbons (Fsp3) is 0.273. The maximum atomic E-state index is 13.2. The molecule has 0 aliphatic rings. The van der Waals surface area contributed by atoms with Crippen molar-refractivity contribution in [1.29, 1.82) is 0 Å². The lowest BCUT2D eigenvalue weighted by molar-refractivity contribution is -0.137. The van der Waals surface area contributed by atoms with Crippen molar-refractivity contribution < 1.29 is 27.9 Å². The Bertz CT molecular complexity index is 491. The van der Waals surface area contributed by atoms with E-state index in [1.165, 1.54) is 6.92 Å². The standard InChI is InChI=1S/C11H10F3NO3/c1-5(4-8(16)17)15-11(18)6-2-3-7(12)10(14)9(6)13/h2-3,5H,4H2,1H3,(H,15,18)(H,16,17). The summed E-state index contributed by atoms with van der Waals surface area (Å²) in [5.74, 6) is -6.89. The fourth-order valence-corrected chi connectivity index (χ4v) is 1.32. The van der Waals surface area contributed by atoms with Crippen molar-refractivity contribution >= 4 is 11.9 Å². The smallest absolute Gasteiger partial charge is 0.305 e. The second-order valence-corrected chi connectivity index (χ2v) is 3.70. The molecule has 1 atom stereocenters. The molecule has 7 heteroatoms. The number of hydrogen-bond donors (Lipinski definition) is 2. The minimum absolute atomic E-state index is 0.364. The molecule has 18 heavy (non-hydrogen) atoms. The number of rotatable bonds is 4. The molecule has 1 rings (SSSR count). The summed E-state index contributed by atoms with van der Waals surface area (Å²) >= 11 is 0. The van der Waals surface area contributed by atoms with Gasteiger partial charge in [-0.15, -0.1) is 0 Å². The molecule has 0 fully saturated rings. The van der Waals surface area contributed by atoms with E-state index >= 15 is 0 Å². The van der Waals surface area contributed by atoms with Crippen molar-refractivity contribution in [2.45, 2.75) is 19.4 Å². The maximum Gasteiger partial charge on any atom is 0.305 e. The molecule has 0 heterocycles. The molecule has 0 aliphatic carbocycles. The Kier molecular flexibility index (Phi) is 4.30. The number of carboxylic acids is 1. The van der Waals surface area contributed by atoms with Crippen molar-refractivity contribution in [3.05, 3.63) is 35.1 Å². The van der Waals surface area contributed by atoms with Gasteiger partial charge in [0.15, 0.2) is 17.5 Å². The zero-order valence-electron chi connectivity index (χ0n) is 9.34. The molecule has 1 amide bonds. The van der Waals surface area contributed by atoms with Gasteiger partial charge in [-0.1, -0.05) is 0 Å². The van der Waals surface area contributed by atoms with E-state index in [0.29, 0.717) is 6.07 Å². The number of amides is 1. The number of carbonyl (C=O) groups excluding carboxylic acids is 1. The first kappa shape index (κ1) is 14.0. The summed E-state index contributed by atoms with van der Waals surface area (Å²) in [5, 5.41) is 10.6. The number of carboxylic acid groups (broad SMARTS) is 1. The van der Waals surface area contributed by atoms with Crippen LogP contribution in [0.4, 0.5) is 13.2 Å². The molecule has 0 aliphatic heterocycles. The van der Waals surface area contributed by atoms with Crippen LogP contribution in [0.2, 0.25) is 0 Å². The summed E-state index contributed by atoms with van der Waals surface area (Å²) in [6.07, 6.45) is -0.364.